The van der Waals surface area contributed by atoms with Gasteiger partial charge in [-0.15, -0.1) is 0 Å². The molecule has 10 nitrogen and oxygen atoms in total. The zero-order chi connectivity index (χ0) is 15.0. The normalized spacial score (nSPS) is 17.1. The van der Waals surface area contributed by atoms with Crippen LogP contribution in [0, 0.1) is 0 Å². The molecule has 0 saturated carbocycles. The second kappa shape index (κ2) is 8.74. The minimum atomic E-state index is -2.50. The molecule has 0 aromatic carbocycles. The highest BCUT2D eigenvalue weighted by Crippen LogP contribution is 2.04. The maximum Gasteiger partial charge on any atom is 0.204 e. The molecule has 0 rings (SSSR count). The summed E-state index contributed by atoms with van der Waals surface area (Å²) in [5.41, 5.74) is 7.06. The fraction of sp³-hybridized carbons (Fsp3) is 0.750. The monoisotopic (exact) mass is 270 g/mol. The number of carboxylic acids is 2. The Morgan fingerprint density at radius 1 is 0.889 bits per heavy atom. The summed E-state index contributed by atoms with van der Waals surface area (Å²) in [6.45, 7) is 1.94. The summed E-state index contributed by atoms with van der Waals surface area (Å²) in [7, 11) is 0. The lowest BCUT2D eigenvalue weighted by Gasteiger charge is -2.27. The molecule has 0 amide bonds. The number of hydrogen-bond donors (Lipinski definition) is 6. The lowest BCUT2D eigenvalue weighted by atomic mass is 10.0. The van der Waals surface area contributed by atoms with E-state index in [-0.39, 0.29) is 0 Å². The fourth-order valence-corrected chi connectivity index (χ4v) is 0.652. The average molecular weight is 270 g/mol. The highest BCUT2D eigenvalue weighted by Gasteiger charge is 2.31. The van der Waals surface area contributed by atoms with E-state index in [1.54, 1.807) is 0 Å². The number of hydrogen-bond acceptors (Lipinski definition) is 8. The molecule has 0 aliphatic rings. The summed E-state index contributed by atoms with van der Waals surface area (Å²) in [6.07, 6.45) is -9.43. The summed E-state index contributed by atoms with van der Waals surface area (Å²) in [6, 6.07) is 0. The van der Waals surface area contributed by atoms with Gasteiger partial charge in [0.25, 0.3) is 0 Å². The fourth-order valence-electron chi connectivity index (χ4n) is 0.652. The molecule has 18 heavy (non-hydrogen) atoms. The summed E-state index contributed by atoms with van der Waals surface area (Å²) < 4.78 is 0. The third-order valence-electron chi connectivity index (χ3n) is 1.48. The van der Waals surface area contributed by atoms with E-state index >= 15 is 0 Å². The van der Waals surface area contributed by atoms with Crippen LogP contribution in [0.5, 0.6) is 0 Å². The van der Waals surface area contributed by atoms with Gasteiger partial charge in [0.1, 0.15) is 24.4 Å². The van der Waals surface area contributed by atoms with Crippen molar-refractivity contribution in [2.45, 2.75) is 37.5 Å². The first-order chi connectivity index (χ1) is 8.02. The predicted molar refractivity (Wildman–Crippen MR) is 49.3 cm³/mol. The van der Waals surface area contributed by atoms with Gasteiger partial charge in [-0.25, -0.2) is 0 Å². The number of aliphatic hydroxyl groups excluding tert-OH is 4. The summed E-state index contributed by atoms with van der Waals surface area (Å²) in [4.78, 5) is 19.9. The number of rotatable bonds is 5. The molecule has 10 N–H and O–H groups in total. The van der Waals surface area contributed by atoms with Crippen LogP contribution >= 0.6 is 0 Å². The molecular formula is C8H18N2O8. The summed E-state index contributed by atoms with van der Waals surface area (Å²) in [5.74, 6) is -4.22. The minimum Gasteiger partial charge on any atom is -0.547 e. The molecule has 0 radical (unpaired) electrons. The Kier molecular flexibility index (Phi) is 9.25. The lowest BCUT2D eigenvalue weighted by molar-refractivity contribution is -0.651. The number of carboxylic acid groups (broad SMARTS) is 2. The zero-order valence-corrected chi connectivity index (χ0v) is 9.72. The molecule has 0 bridgehead atoms. The van der Waals surface area contributed by atoms with Crippen LogP contribution < -0.4 is 21.7 Å². The van der Waals surface area contributed by atoms with E-state index in [0.29, 0.717) is 6.17 Å². The molecule has 0 fully saturated rings. The second-order valence-electron chi connectivity index (χ2n) is 3.61. The van der Waals surface area contributed by atoms with Crippen LogP contribution in [-0.2, 0) is 9.59 Å². The lowest BCUT2D eigenvalue weighted by Crippen LogP contribution is -2.82. The molecule has 0 aromatic heterocycles. The standard InChI is InChI=1S/C6H10O8.C2H8N2/c7-1(3(9)5(11)12)2(8)4(10)6(13)14;1-2(3)4/h1-4,7-10H,(H,11,12)(H,13,14);2H,3-4H2,1H3/t1-,2-,3-,4+;/m0./s1. The first-order valence-electron chi connectivity index (χ1n) is 4.82. The highest BCUT2D eigenvalue weighted by atomic mass is 16.4. The van der Waals surface area contributed by atoms with Crippen molar-refractivity contribution in [2.24, 2.45) is 0 Å². The second-order valence-corrected chi connectivity index (χ2v) is 3.61. The van der Waals surface area contributed by atoms with Crippen molar-refractivity contribution >= 4 is 11.9 Å². The van der Waals surface area contributed by atoms with Crippen LogP contribution in [0.1, 0.15) is 6.92 Å². The topological polar surface area (TPSA) is 216 Å². The third-order valence-corrected chi connectivity index (χ3v) is 1.48. The number of quaternary nitrogens is 2. The summed E-state index contributed by atoms with van der Waals surface area (Å²) >= 11 is 0. The quantitative estimate of drug-likeness (QED) is 0.263. The summed E-state index contributed by atoms with van der Waals surface area (Å²) in [5, 5.41) is 54.7. The molecule has 0 saturated heterocycles. The van der Waals surface area contributed by atoms with Gasteiger partial charge in [-0.1, -0.05) is 0 Å². The first kappa shape index (κ1) is 19.0. The largest absolute Gasteiger partial charge is 0.547 e. The van der Waals surface area contributed by atoms with Crippen LogP contribution in [0.3, 0.4) is 0 Å². The van der Waals surface area contributed by atoms with Crippen molar-refractivity contribution in [1.29, 1.82) is 0 Å². The minimum absolute atomic E-state index is 0.333. The van der Waals surface area contributed by atoms with Gasteiger partial charge in [0.2, 0.25) is 6.17 Å². The molecule has 0 aliphatic heterocycles. The molecule has 0 unspecified atom stereocenters. The van der Waals surface area contributed by atoms with Crippen molar-refractivity contribution in [3.63, 3.8) is 0 Å². The van der Waals surface area contributed by atoms with Gasteiger partial charge in [0.05, 0.1) is 11.9 Å². The zero-order valence-electron chi connectivity index (χ0n) is 9.72. The van der Waals surface area contributed by atoms with Crippen molar-refractivity contribution in [3.05, 3.63) is 0 Å². The molecule has 0 heterocycles. The first-order valence-corrected chi connectivity index (χ1v) is 4.82. The Balaban J connectivity index is 0. The van der Waals surface area contributed by atoms with E-state index in [4.69, 9.17) is 20.4 Å². The average Bonchev–Trinajstić information content (AvgIpc) is 2.23. The van der Waals surface area contributed by atoms with E-state index in [1.807, 2.05) is 6.92 Å². The van der Waals surface area contributed by atoms with Gasteiger partial charge in [-0.2, -0.15) is 0 Å². The molecule has 10 heteroatoms. The van der Waals surface area contributed by atoms with Crippen LogP contribution in [0.15, 0.2) is 0 Å². The van der Waals surface area contributed by atoms with Gasteiger partial charge in [0.15, 0.2) is 0 Å². The molecular weight excluding hydrogens is 252 g/mol. The van der Waals surface area contributed by atoms with Crippen LogP contribution in [0.2, 0.25) is 0 Å². The Bertz CT molecular complexity index is 245. The van der Waals surface area contributed by atoms with E-state index in [2.05, 4.69) is 11.5 Å². The third kappa shape index (κ3) is 7.89. The maximum absolute atomic E-state index is 9.96. The number of carbonyl (C=O) groups is 2. The van der Waals surface area contributed by atoms with Gasteiger partial charge in [0, 0.05) is 6.92 Å². The molecule has 108 valence electrons. The SMILES string of the molecule is CC([NH3+])[NH3+].O=C([O-])[C@@H](O)[C@@H](O)[C@H](O)[C@@H](O)C(=O)[O-]. The molecule has 0 spiro atoms. The van der Waals surface area contributed by atoms with Crippen molar-refractivity contribution in [1.82, 2.24) is 0 Å². The van der Waals surface area contributed by atoms with E-state index in [0.717, 1.165) is 0 Å². The van der Waals surface area contributed by atoms with Crippen molar-refractivity contribution in [3.8, 4) is 0 Å². The number of aliphatic hydroxyl groups is 4. The Morgan fingerprint density at radius 2 is 1.06 bits per heavy atom. The Hall–Kier alpha value is -1.30. The molecule has 0 aliphatic carbocycles. The van der Waals surface area contributed by atoms with Crippen molar-refractivity contribution in [2.75, 3.05) is 0 Å². The smallest absolute Gasteiger partial charge is 0.204 e. The highest BCUT2D eigenvalue weighted by molar-refractivity contribution is 5.72. The number of aliphatic carboxylic acids is 2. The predicted octanol–water partition coefficient (Wildman–Crippen LogP) is -8.25. The molecule has 4 atom stereocenters. The Morgan fingerprint density at radius 3 is 1.17 bits per heavy atom. The van der Waals surface area contributed by atoms with Gasteiger partial charge in [-0.05, 0) is 0 Å². The Labute approximate surface area is 102 Å². The van der Waals surface area contributed by atoms with Crippen LogP contribution in [0.25, 0.3) is 0 Å². The maximum atomic E-state index is 9.96. The van der Waals surface area contributed by atoms with Crippen LogP contribution in [-0.4, -0.2) is 62.9 Å². The van der Waals surface area contributed by atoms with Gasteiger partial charge >= 0.3 is 0 Å². The molecule has 0 aromatic rings. The van der Waals surface area contributed by atoms with Gasteiger partial charge in [-0.3, -0.25) is 0 Å². The number of carbonyl (C=O) groups excluding carboxylic acids is 2. The van der Waals surface area contributed by atoms with Crippen molar-refractivity contribution < 1.29 is 51.7 Å². The van der Waals surface area contributed by atoms with E-state index < -0.39 is 36.4 Å². The van der Waals surface area contributed by atoms with E-state index in [1.165, 1.54) is 0 Å². The van der Waals surface area contributed by atoms with Gasteiger partial charge < -0.3 is 51.7 Å². The van der Waals surface area contributed by atoms with E-state index in [9.17, 15) is 19.8 Å². The van der Waals surface area contributed by atoms with Crippen LogP contribution in [0.4, 0.5) is 0 Å².